The minimum atomic E-state index is -0.731. The third kappa shape index (κ3) is 8.08. The van der Waals surface area contributed by atoms with E-state index in [4.69, 9.17) is 19.9 Å². The molecule has 7 nitrogen and oxygen atoms in total. The summed E-state index contributed by atoms with van der Waals surface area (Å²) in [6, 6.07) is -1.44. The molecular formula is C17H34N2O5. The van der Waals surface area contributed by atoms with Gasteiger partial charge in [-0.1, -0.05) is 19.8 Å². The highest BCUT2D eigenvalue weighted by molar-refractivity contribution is 5.87. The van der Waals surface area contributed by atoms with E-state index in [-0.39, 0.29) is 12.5 Å². The topological polar surface area (TPSA) is 91.1 Å². The highest BCUT2D eigenvalue weighted by atomic mass is 16.7. The van der Waals surface area contributed by atoms with Crippen molar-refractivity contribution in [1.82, 2.24) is 4.90 Å². The summed E-state index contributed by atoms with van der Waals surface area (Å²) < 4.78 is 15.9. The van der Waals surface area contributed by atoms with E-state index in [1.165, 1.54) is 19.1 Å². The van der Waals surface area contributed by atoms with Crippen molar-refractivity contribution in [1.29, 1.82) is 0 Å². The van der Waals surface area contributed by atoms with Crippen molar-refractivity contribution in [3.8, 4) is 0 Å². The lowest BCUT2D eigenvalue weighted by Gasteiger charge is -2.35. The summed E-state index contributed by atoms with van der Waals surface area (Å²) in [7, 11) is 2.97. The van der Waals surface area contributed by atoms with E-state index < -0.39 is 29.9 Å². The van der Waals surface area contributed by atoms with Crippen LogP contribution in [0.2, 0.25) is 0 Å². The van der Waals surface area contributed by atoms with Crippen LogP contribution in [0.1, 0.15) is 53.9 Å². The normalized spacial score (nSPS) is 14.4. The van der Waals surface area contributed by atoms with Gasteiger partial charge in [0.05, 0.1) is 12.6 Å². The zero-order chi connectivity index (χ0) is 18.9. The van der Waals surface area contributed by atoms with Gasteiger partial charge in [-0.2, -0.15) is 0 Å². The second-order valence-electron chi connectivity index (χ2n) is 6.87. The van der Waals surface area contributed by atoms with Gasteiger partial charge in [-0.05, 0) is 34.1 Å². The lowest BCUT2D eigenvalue weighted by Crippen LogP contribution is -2.54. The SMILES string of the molecule is CCCC[C@@H](C(=O)OC(C)(C)C)N(CC(OC)OC)C(=O)[C@H](C)N. The molecule has 0 aromatic rings. The second-order valence-corrected chi connectivity index (χ2v) is 6.87. The molecule has 0 aliphatic heterocycles. The van der Waals surface area contributed by atoms with E-state index in [0.29, 0.717) is 6.42 Å². The van der Waals surface area contributed by atoms with Crippen LogP contribution < -0.4 is 5.73 Å². The summed E-state index contributed by atoms with van der Waals surface area (Å²) in [4.78, 5) is 26.6. The van der Waals surface area contributed by atoms with Crippen LogP contribution >= 0.6 is 0 Å². The Kier molecular flexibility index (Phi) is 10.1. The molecular weight excluding hydrogens is 312 g/mol. The molecule has 0 fully saturated rings. The summed E-state index contributed by atoms with van der Waals surface area (Å²) in [6.07, 6.45) is 1.55. The lowest BCUT2D eigenvalue weighted by atomic mass is 10.1. The van der Waals surface area contributed by atoms with Gasteiger partial charge in [0, 0.05) is 14.2 Å². The molecule has 0 aliphatic rings. The molecule has 0 aromatic carbocycles. The molecule has 2 N–H and O–H groups in total. The molecule has 0 spiro atoms. The number of carbonyl (C=O) groups excluding carboxylic acids is 2. The summed E-state index contributed by atoms with van der Waals surface area (Å²) in [5.41, 5.74) is 5.13. The average Bonchev–Trinajstić information content (AvgIpc) is 2.48. The lowest BCUT2D eigenvalue weighted by molar-refractivity contribution is -0.171. The summed E-state index contributed by atoms with van der Waals surface area (Å²) >= 11 is 0. The smallest absolute Gasteiger partial charge is 0.329 e. The number of nitrogens with zero attached hydrogens (tertiary/aromatic N) is 1. The predicted octanol–water partition coefficient (Wildman–Crippen LogP) is 1.68. The van der Waals surface area contributed by atoms with Crippen molar-refractivity contribution < 1.29 is 23.8 Å². The van der Waals surface area contributed by atoms with E-state index in [1.54, 1.807) is 27.7 Å². The monoisotopic (exact) mass is 346 g/mol. The summed E-state index contributed by atoms with van der Waals surface area (Å²) in [6.45, 7) is 9.12. The predicted molar refractivity (Wildman–Crippen MR) is 92.3 cm³/mol. The van der Waals surface area contributed by atoms with E-state index in [9.17, 15) is 9.59 Å². The van der Waals surface area contributed by atoms with E-state index in [2.05, 4.69) is 0 Å². The number of hydrogen-bond acceptors (Lipinski definition) is 6. The number of nitrogens with two attached hydrogens (primary N) is 1. The maximum atomic E-state index is 12.7. The zero-order valence-corrected chi connectivity index (χ0v) is 16.1. The van der Waals surface area contributed by atoms with Crippen LogP contribution in [0.4, 0.5) is 0 Å². The molecule has 0 unspecified atom stereocenters. The average molecular weight is 346 g/mol. The molecule has 2 atom stereocenters. The standard InChI is InChI=1S/C17H34N2O5/c1-8-9-10-13(16(21)24-17(3,4)5)19(15(20)12(2)18)11-14(22-6)23-7/h12-14H,8-11,18H2,1-7H3/t12-,13-/m0/s1. The van der Waals surface area contributed by atoms with Crippen LogP contribution in [0, 0.1) is 0 Å². The van der Waals surface area contributed by atoms with Crippen LogP contribution in [-0.2, 0) is 23.8 Å². The molecule has 0 rings (SSSR count). The van der Waals surface area contributed by atoms with Crippen LogP contribution in [0.5, 0.6) is 0 Å². The first kappa shape index (κ1) is 22.8. The third-order valence-electron chi connectivity index (χ3n) is 3.43. The van der Waals surface area contributed by atoms with Gasteiger partial charge in [-0.15, -0.1) is 0 Å². The van der Waals surface area contributed by atoms with Gasteiger partial charge in [0.1, 0.15) is 11.6 Å². The Balaban J connectivity index is 5.52. The van der Waals surface area contributed by atoms with E-state index >= 15 is 0 Å². The van der Waals surface area contributed by atoms with Crippen molar-refractivity contribution in [2.24, 2.45) is 5.73 Å². The number of carbonyl (C=O) groups is 2. The van der Waals surface area contributed by atoms with Crippen molar-refractivity contribution in [2.75, 3.05) is 20.8 Å². The van der Waals surface area contributed by atoms with Crippen molar-refractivity contribution in [2.45, 2.75) is 77.9 Å². The van der Waals surface area contributed by atoms with Gasteiger partial charge < -0.3 is 24.8 Å². The Morgan fingerprint density at radius 3 is 2.08 bits per heavy atom. The number of esters is 1. The molecule has 142 valence electrons. The summed E-state index contributed by atoms with van der Waals surface area (Å²) in [5, 5.41) is 0. The Morgan fingerprint density at radius 2 is 1.71 bits per heavy atom. The van der Waals surface area contributed by atoms with Crippen LogP contribution in [-0.4, -0.2) is 61.5 Å². The highest BCUT2D eigenvalue weighted by Crippen LogP contribution is 2.18. The Bertz CT molecular complexity index is 389. The Labute approximate surface area is 145 Å². The molecule has 7 heteroatoms. The van der Waals surface area contributed by atoms with E-state index in [0.717, 1.165) is 12.8 Å². The third-order valence-corrected chi connectivity index (χ3v) is 3.43. The fourth-order valence-electron chi connectivity index (χ4n) is 2.21. The Hall–Kier alpha value is -1.18. The molecule has 0 radical (unpaired) electrons. The minimum absolute atomic E-state index is 0.112. The molecule has 0 bridgehead atoms. The first-order chi connectivity index (χ1) is 11.1. The largest absolute Gasteiger partial charge is 0.458 e. The van der Waals surface area contributed by atoms with Gasteiger partial charge in [0.25, 0.3) is 0 Å². The second kappa shape index (κ2) is 10.6. The van der Waals surface area contributed by atoms with E-state index in [1.807, 2.05) is 6.92 Å². The van der Waals surface area contributed by atoms with Gasteiger partial charge in [0.2, 0.25) is 5.91 Å². The number of ether oxygens (including phenoxy) is 3. The maximum Gasteiger partial charge on any atom is 0.329 e. The number of methoxy groups -OCH3 is 2. The number of rotatable bonds is 10. The van der Waals surface area contributed by atoms with Crippen molar-refractivity contribution in [3.05, 3.63) is 0 Å². The van der Waals surface area contributed by atoms with Crippen molar-refractivity contribution >= 4 is 11.9 Å². The molecule has 0 saturated carbocycles. The first-order valence-electron chi connectivity index (χ1n) is 8.41. The van der Waals surface area contributed by atoms with Gasteiger partial charge in [-0.25, -0.2) is 4.79 Å². The highest BCUT2D eigenvalue weighted by Gasteiger charge is 2.35. The summed E-state index contributed by atoms with van der Waals surface area (Å²) in [5.74, 6) is -0.767. The van der Waals surface area contributed by atoms with Gasteiger partial charge >= 0.3 is 5.97 Å². The van der Waals surface area contributed by atoms with Gasteiger partial charge in [-0.3, -0.25) is 4.79 Å². The number of unbranched alkanes of at least 4 members (excludes halogenated alkanes) is 1. The van der Waals surface area contributed by atoms with Crippen molar-refractivity contribution in [3.63, 3.8) is 0 Å². The maximum absolute atomic E-state index is 12.7. The molecule has 0 saturated heterocycles. The number of hydrogen-bond donors (Lipinski definition) is 1. The molecule has 1 amide bonds. The van der Waals surface area contributed by atoms with Crippen LogP contribution in [0.15, 0.2) is 0 Å². The fraction of sp³-hybridized carbons (Fsp3) is 0.882. The minimum Gasteiger partial charge on any atom is -0.458 e. The number of amides is 1. The van der Waals surface area contributed by atoms with Gasteiger partial charge in [0.15, 0.2) is 6.29 Å². The molecule has 0 aromatic heterocycles. The molecule has 0 aliphatic carbocycles. The first-order valence-corrected chi connectivity index (χ1v) is 8.41. The fourth-order valence-corrected chi connectivity index (χ4v) is 2.21. The quantitative estimate of drug-likeness (QED) is 0.478. The Morgan fingerprint density at radius 1 is 1.17 bits per heavy atom. The van der Waals surface area contributed by atoms with Crippen LogP contribution in [0.25, 0.3) is 0 Å². The zero-order valence-electron chi connectivity index (χ0n) is 16.1. The van der Waals surface area contributed by atoms with Crippen LogP contribution in [0.3, 0.4) is 0 Å². The molecule has 0 heterocycles. The molecule has 24 heavy (non-hydrogen) atoms.